The van der Waals surface area contributed by atoms with E-state index >= 15 is 0 Å². The van der Waals surface area contributed by atoms with E-state index in [2.05, 4.69) is 32.3 Å². The zero-order valence-corrected chi connectivity index (χ0v) is 12.0. The van der Waals surface area contributed by atoms with Crippen LogP contribution in [0.5, 0.6) is 0 Å². The van der Waals surface area contributed by atoms with Crippen molar-refractivity contribution in [3.8, 4) is 6.07 Å². The lowest BCUT2D eigenvalue weighted by atomic mass is 10.1. The Bertz CT molecular complexity index is 677. The molecular weight excluding hydrogens is 309 g/mol. The Labute approximate surface area is 119 Å². The molecule has 19 heavy (non-hydrogen) atoms. The highest BCUT2D eigenvalue weighted by molar-refractivity contribution is 9.10. The first-order valence-electron chi connectivity index (χ1n) is 5.61. The Kier molecular flexibility index (Phi) is 3.82. The maximum absolute atomic E-state index is 13.7. The minimum Gasteiger partial charge on any atom is -0.337 e. The summed E-state index contributed by atoms with van der Waals surface area (Å²) in [5, 5.41) is 12.0. The molecule has 0 aliphatic heterocycles. The van der Waals surface area contributed by atoms with Crippen LogP contribution in [0.3, 0.4) is 0 Å². The number of halogens is 2. The Morgan fingerprint density at radius 2 is 2.05 bits per heavy atom. The Balaban J connectivity index is 2.49. The molecule has 0 fully saturated rings. The Morgan fingerprint density at radius 3 is 2.74 bits per heavy atom. The number of aromatic nitrogens is 1. The van der Waals surface area contributed by atoms with Gasteiger partial charge in [0, 0.05) is 10.2 Å². The van der Waals surface area contributed by atoms with Crippen LogP contribution in [0.25, 0.3) is 0 Å². The van der Waals surface area contributed by atoms with E-state index in [1.54, 1.807) is 12.1 Å². The van der Waals surface area contributed by atoms with Gasteiger partial charge in [0.1, 0.15) is 17.7 Å². The molecule has 0 amide bonds. The number of nitrogens with zero attached hydrogens (tertiary/aromatic N) is 2. The third kappa shape index (κ3) is 2.91. The summed E-state index contributed by atoms with van der Waals surface area (Å²) < 4.78 is 14.4. The Morgan fingerprint density at radius 1 is 1.32 bits per heavy atom. The van der Waals surface area contributed by atoms with E-state index in [-0.39, 0.29) is 5.69 Å². The van der Waals surface area contributed by atoms with Crippen molar-refractivity contribution in [2.45, 2.75) is 13.8 Å². The van der Waals surface area contributed by atoms with Gasteiger partial charge in [-0.15, -0.1) is 0 Å². The minimum absolute atomic E-state index is 0.281. The van der Waals surface area contributed by atoms with Crippen molar-refractivity contribution in [1.29, 1.82) is 5.26 Å². The number of anilines is 2. The van der Waals surface area contributed by atoms with Crippen molar-refractivity contribution in [3.63, 3.8) is 0 Å². The van der Waals surface area contributed by atoms with Gasteiger partial charge in [-0.3, -0.25) is 0 Å². The van der Waals surface area contributed by atoms with Crippen LogP contribution < -0.4 is 5.32 Å². The van der Waals surface area contributed by atoms with Crippen LogP contribution in [0.1, 0.15) is 16.8 Å². The van der Waals surface area contributed by atoms with Gasteiger partial charge in [-0.2, -0.15) is 5.26 Å². The summed E-state index contributed by atoms with van der Waals surface area (Å²) in [5.74, 6) is -0.0231. The molecule has 96 valence electrons. The normalized spacial score (nSPS) is 10.1. The summed E-state index contributed by atoms with van der Waals surface area (Å²) in [6.45, 7) is 3.66. The van der Waals surface area contributed by atoms with Gasteiger partial charge in [-0.25, -0.2) is 9.37 Å². The largest absolute Gasteiger partial charge is 0.337 e. The maximum Gasteiger partial charge on any atom is 0.148 e. The monoisotopic (exact) mass is 319 g/mol. The zero-order valence-electron chi connectivity index (χ0n) is 10.5. The van der Waals surface area contributed by atoms with Crippen molar-refractivity contribution >= 4 is 27.4 Å². The molecule has 5 heteroatoms. The highest BCUT2D eigenvalue weighted by Gasteiger charge is 2.11. The molecule has 0 bridgehead atoms. The highest BCUT2D eigenvalue weighted by atomic mass is 79.9. The van der Waals surface area contributed by atoms with Gasteiger partial charge in [0.15, 0.2) is 0 Å². The number of nitrogens with one attached hydrogen (secondary N) is 1. The molecule has 2 rings (SSSR count). The second kappa shape index (κ2) is 5.37. The third-order valence-electron chi connectivity index (χ3n) is 2.64. The molecule has 2 aromatic rings. The second-order valence-electron chi connectivity index (χ2n) is 4.17. The third-order valence-corrected chi connectivity index (χ3v) is 3.13. The van der Waals surface area contributed by atoms with Crippen LogP contribution in [0.2, 0.25) is 0 Å². The average molecular weight is 320 g/mol. The van der Waals surface area contributed by atoms with Crippen LogP contribution in [0, 0.1) is 31.0 Å². The molecular formula is C14H11BrFN3. The van der Waals surface area contributed by atoms with Crippen molar-refractivity contribution in [2.75, 3.05) is 5.32 Å². The standard InChI is InChI=1S/C14H11BrFN3/c1-8-5-9(2)18-14(11(8)7-17)19-13-6-10(15)3-4-12(13)16/h3-6H,1-2H3,(H,18,19). The molecule has 1 aromatic carbocycles. The predicted molar refractivity (Wildman–Crippen MR) is 75.8 cm³/mol. The van der Waals surface area contributed by atoms with Crippen LogP contribution in [0.15, 0.2) is 28.7 Å². The van der Waals surface area contributed by atoms with Gasteiger partial charge in [-0.05, 0) is 43.7 Å². The fourth-order valence-corrected chi connectivity index (χ4v) is 2.15. The molecule has 1 N–H and O–H groups in total. The summed E-state index contributed by atoms with van der Waals surface area (Å²) >= 11 is 3.28. The van der Waals surface area contributed by atoms with Gasteiger partial charge in [-0.1, -0.05) is 15.9 Å². The average Bonchev–Trinajstić information content (AvgIpc) is 2.33. The lowest BCUT2D eigenvalue weighted by molar-refractivity contribution is 0.631. The molecule has 0 atom stereocenters. The predicted octanol–water partition coefficient (Wildman–Crippen LogP) is 4.22. The summed E-state index contributed by atoms with van der Waals surface area (Å²) in [7, 11) is 0. The molecule has 3 nitrogen and oxygen atoms in total. The van der Waals surface area contributed by atoms with E-state index in [9.17, 15) is 4.39 Å². The van der Waals surface area contributed by atoms with Gasteiger partial charge < -0.3 is 5.32 Å². The van der Waals surface area contributed by atoms with Crippen molar-refractivity contribution < 1.29 is 4.39 Å². The molecule has 1 heterocycles. The molecule has 0 radical (unpaired) electrons. The van der Waals surface area contributed by atoms with E-state index < -0.39 is 5.82 Å². The highest BCUT2D eigenvalue weighted by Crippen LogP contribution is 2.26. The van der Waals surface area contributed by atoms with E-state index in [0.717, 1.165) is 15.7 Å². The number of pyridine rings is 1. The molecule has 0 unspecified atom stereocenters. The van der Waals surface area contributed by atoms with E-state index in [4.69, 9.17) is 5.26 Å². The zero-order chi connectivity index (χ0) is 14.0. The van der Waals surface area contributed by atoms with Crippen LogP contribution in [-0.4, -0.2) is 4.98 Å². The Hall–Kier alpha value is -1.93. The molecule has 0 aliphatic rings. The number of rotatable bonds is 2. The second-order valence-corrected chi connectivity index (χ2v) is 5.08. The summed E-state index contributed by atoms with van der Waals surface area (Å²) in [5.41, 5.74) is 2.29. The van der Waals surface area contributed by atoms with Gasteiger partial charge >= 0.3 is 0 Å². The SMILES string of the molecule is Cc1cc(C)c(C#N)c(Nc2cc(Br)ccc2F)n1. The molecule has 0 saturated carbocycles. The number of aryl methyl sites for hydroxylation is 2. The van der Waals surface area contributed by atoms with Gasteiger partial charge in [0.05, 0.1) is 11.3 Å². The van der Waals surface area contributed by atoms with E-state index in [1.807, 2.05) is 19.9 Å². The molecule has 0 aliphatic carbocycles. The lowest BCUT2D eigenvalue weighted by Gasteiger charge is -2.11. The van der Waals surface area contributed by atoms with Crippen LogP contribution in [0.4, 0.5) is 15.9 Å². The van der Waals surface area contributed by atoms with Crippen molar-refractivity contribution in [3.05, 3.63) is 51.4 Å². The van der Waals surface area contributed by atoms with E-state index in [1.165, 1.54) is 6.07 Å². The summed E-state index contributed by atoms with van der Waals surface area (Å²) in [6.07, 6.45) is 0. The first-order chi connectivity index (χ1) is 9.01. The molecule has 1 aromatic heterocycles. The van der Waals surface area contributed by atoms with Crippen LogP contribution >= 0.6 is 15.9 Å². The minimum atomic E-state index is -0.395. The number of hydrogen-bond acceptors (Lipinski definition) is 3. The summed E-state index contributed by atoms with van der Waals surface area (Å²) in [6, 6.07) is 8.47. The maximum atomic E-state index is 13.7. The summed E-state index contributed by atoms with van der Waals surface area (Å²) in [4.78, 5) is 4.26. The first-order valence-corrected chi connectivity index (χ1v) is 6.41. The van der Waals surface area contributed by atoms with Crippen LogP contribution in [-0.2, 0) is 0 Å². The fraction of sp³-hybridized carbons (Fsp3) is 0.143. The van der Waals surface area contributed by atoms with E-state index in [0.29, 0.717) is 11.4 Å². The first kappa shape index (κ1) is 13.5. The fourth-order valence-electron chi connectivity index (χ4n) is 1.79. The van der Waals surface area contributed by atoms with Crippen molar-refractivity contribution in [1.82, 2.24) is 4.98 Å². The smallest absolute Gasteiger partial charge is 0.148 e. The van der Waals surface area contributed by atoms with Gasteiger partial charge in [0.2, 0.25) is 0 Å². The van der Waals surface area contributed by atoms with Crippen molar-refractivity contribution in [2.24, 2.45) is 0 Å². The number of nitriles is 1. The molecule has 0 spiro atoms. The number of benzene rings is 1. The number of hydrogen-bond donors (Lipinski definition) is 1. The molecule has 0 saturated heterocycles. The quantitative estimate of drug-likeness (QED) is 0.901. The van der Waals surface area contributed by atoms with Gasteiger partial charge in [0.25, 0.3) is 0 Å². The lowest BCUT2D eigenvalue weighted by Crippen LogP contribution is -2.02. The topological polar surface area (TPSA) is 48.7 Å².